The molecule has 0 bridgehead atoms. The van der Waals surface area contributed by atoms with Crippen molar-refractivity contribution in [2.75, 3.05) is 7.05 Å². The third-order valence-corrected chi connectivity index (χ3v) is 2.34. The maximum atomic E-state index is 13.4. The van der Waals surface area contributed by atoms with Gasteiger partial charge in [0, 0.05) is 31.3 Å². The Morgan fingerprint density at radius 3 is 2.67 bits per heavy atom. The Morgan fingerprint density at radius 2 is 2.06 bits per heavy atom. The average molecular weight is 251 g/mol. The van der Waals surface area contributed by atoms with E-state index in [1.54, 1.807) is 25.3 Å². The van der Waals surface area contributed by atoms with Crippen molar-refractivity contribution in [3.05, 3.63) is 59.7 Å². The number of carbonyl (C=O) groups is 1. The molecule has 96 valence electrons. The SMILES string of the molecule is C/C=C/C=C/C(=O)N(C)Cc1ccc(F)cc1F. The zero-order valence-electron chi connectivity index (χ0n) is 10.4. The molecule has 0 atom stereocenters. The smallest absolute Gasteiger partial charge is 0.246 e. The van der Waals surface area contributed by atoms with Gasteiger partial charge >= 0.3 is 0 Å². The number of hydrogen-bond acceptors (Lipinski definition) is 1. The molecule has 4 heteroatoms. The van der Waals surface area contributed by atoms with E-state index >= 15 is 0 Å². The van der Waals surface area contributed by atoms with Gasteiger partial charge in [0.15, 0.2) is 0 Å². The van der Waals surface area contributed by atoms with E-state index in [1.165, 1.54) is 23.1 Å². The predicted octanol–water partition coefficient (Wildman–Crippen LogP) is 3.06. The fraction of sp³-hybridized carbons (Fsp3) is 0.214. The number of carbonyl (C=O) groups excluding carboxylic acids is 1. The largest absolute Gasteiger partial charge is 0.338 e. The van der Waals surface area contributed by atoms with E-state index < -0.39 is 11.6 Å². The highest BCUT2D eigenvalue weighted by atomic mass is 19.1. The molecule has 18 heavy (non-hydrogen) atoms. The molecule has 0 saturated heterocycles. The van der Waals surface area contributed by atoms with Crippen LogP contribution in [-0.4, -0.2) is 17.9 Å². The molecule has 1 amide bonds. The zero-order valence-corrected chi connectivity index (χ0v) is 10.4. The first-order valence-electron chi connectivity index (χ1n) is 5.53. The maximum absolute atomic E-state index is 13.4. The molecule has 0 aliphatic carbocycles. The fourth-order valence-corrected chi connectivity index (χ4v) is 1.36. The van der Waals surface area contributed by atoms with Crippen LogP contribution in [0.1, 0.15) is 12.5 Å². The van der Waals surface area contributed by atoms with Crippen LogP contribution in [0, 0.1) is 11.6 Å². The Balaban J connectivity index is 2.69. The van der Waals surface area contributed by atoms with Gasteiger partial charge in [0.1, 0.15) is 11.6 Å². The summed E-state index contributed by atoms with van der Waals surface area (Å²) < 4.78 is 26.1. The summed E-state index contributed by atoms with van der Waals surface area (Å²) in [6.07, 6.45) is 6.52. The maximum Gasteiger partial charge on any atom is 0.246 e. The van der Waals surface area contributed by atoms with E-state index in [0.717, 1.165) is 6.07 Å². The lowest BCUT2D eigenvalue weighted by molar-refractivity contribution is -0.125. The van der Waals surface area contributed by atoms with Crippen LogP contribution in [0.4, 0.5) is 8.78 Å². The highest BCUT2D eigenvalue weighted by molar-refractivity contribution is 5.87. The molecule has 0 fully saturated rings. The first-order valence-corrected chi connectivity index (χ1v) is 5.53. The van der Waals surface area contributed by atoms with Gasteiger partial charge in [0.05, 0.1) is 0 Å². The summed E-state index contributed by atoms with van der Waals surface area (Å²) in [6, 6.07) is 3.32. The first kappa shape index (κ1) is 14.1. The normalized spacial score (nSPS) is 11.3. The number of halogens is 2. The Bertz CT molecular complexity index is 481. The molecule has 0 heterocycles. The molecule has 0 N–H and O–H groups in total. The summed E-state index contributed by atoms with van der Waals surface area (Å²) in [6.45, 7) is 1.94. The van der Waals surface area contributed by atoms with E-state index in [1.807, 2.05) is 6.92 Å². The van der Waals surface area contributed by atoms with Gasteiger partial charge in [-0.15, -0.1) is 0 Å². The van der Waals surface area contributed by atoms with Gasteiger partial charge in [-0.3, -0.25) is 4.79 Å². The number of nitrogens with zero attached hydrogens (tertiary/aromatic N) is 1. The molecule has 0 aromatic heterocycles. The summed E-state index contributed by atoms with van der Waals surface area (Å²) in [5.74, 6) is -1.51. The topological polar surface area (TPSA) is 20.3 Å². The minimum Gasteiger partial charge on any atom is -0.338 e. The van der Waals surface area contributed by atoms with Gasteiger partial charge in [0.2, 0.25) is 5.91 Å². The molecule has 2 nitrogen and oxygen atoms in total. The number of hydrogen-bond donors (Lipinski definition) is 0. The molecule has 0 aliphatic rings. The van der Waals surface area contributed by atoms with Crippen molar-refractivity contribution >= 4 is 5.91 Å². The molecule has 1 rings (SSSR count). The lowest BCUT2D eigenvalue weighted by atomic mass is 10.2. The quantitative estimate of drug-likeness (QED) is 0.595. The van der Waals surface area contributed by atoms with Crippen LogP contribution in [-0.2, 0) is 11.3 Å². The highest BCUT2D eigenvalue weighted by Gasteiger charge is 2.09. The van der Waals surface area contributed by atoms with Crippen molar-refractivity contribution in [1.29, 1.82) is 0 Å². The summed E-state index contributed by atoms with van der Waals surface area (Å²) in [4.78, 5) is 13.0. The van der Waals surface area contributed by atoms with Gasteiger partial charge in [0.25, 0.3) is 0 Å². The number of likely N-dealkylation sites (N-methyl/N-ethyl adjacent to an activating group) is 1. The fourth-order valence-electron chi connectivity index (χ4n) is 1.36. The molecule has 0 radical (unpaired) electrons. The molecular weight excluding hydrogens is 236 g/mol. The van der Waals surface area contributed by atoms with Gasteiger partial charge in [-0.05, 0) is 13.0 Å². The molecule has 1 aromatic rings. The van der Waals surface area contributed by atoms with Crippen molar-refractivity contribution in [1.82, 2.24) is 4.90 Å². The van der Waals surface area contributed by atoms with Gasteiger partial charge in [-0.25, -0.2) is 8.78 Å². The van der Waals surface area contributed by atoms with E-state index in [2.05, 4.69) is 0 Å². The second-order valence-corrected chi connectivity index (χ2v) is 3.81. The van der Waals surface area contributed by atoms with Crippen molar-refractivity contribution in [3.63, 3.8) is 0 Å². The Hall–Kier alpha value is -1.97. The second-order valence-electron chi connectivity index (χ2n) is 3.81. The van der Waals surface area contributed by atoms with Gasteiger partial charge < -0.3 is 4.90 Å². The van der Waals surface area contributed by atoms with Crippen LogP contribution < -0.4 is 0 Å². The summed E-state index contributed by atoms with van der Waals surface area (Å²) >= 11 is 0. The minimum absolute atomic E-state index is 0.102. The van der Waals surface area contributed by atoms with Crippen LogP contribution in [0.15, 0.2) is 42.5 Å². The monoisotopic (exact) mass is 251 g/mol. The third kappa shape index (κ3) is 4.13. The predicted molar refractivity (Wildman–Crippen MR) is 66.8 cm³/mol. The first-order chi connectivity index (χ1) is 8.54. The Labute approximate surface area is 105 Å². The molecule has 0 aliphatic heterocycles. The third-order valence-electron chi connectivity index (χ3n) is 2.34. The van der Waals surface area contributed by atoms with Crippen molar-refractivity contribution in [3.8, 4) is 0 Å². The van der Waals surface area contributed by atoms with E-state index in [0.29, 0.717) is 0 Å². The van der Waals surface area contributed by atoms with Crippen molar-refractivity contribution < 1.29 is 13.6 Å². The molecule has 0 unspecified atom stereocenters. The Kier molecular flexibility index (Phi) is 5.24. The number of amides is 1. The van der Waals surface area contributed by atoms with Crippen LogP contribution in [0.2, 0.25) is 0 Å². The van der Waals surface area contributed by atoms with Crippen LogP contribution in [0.5, 0.6) is 0 Å². The summed E-state index contributed by atoms with van der Waals surface area (Å²) in [7, 11) is 1.56. The standard InChI is InChI=1S/C14H15F2NO/c1-3-4-5-6-14(18)17(2)10-11-7-8-12(15)9-13(11)16/h3-9H,10H2,1-2H3/b4-3+,6-5+. The molecule has 0 spiro atoms. The van der Waals surface area contributed by atoms with Gasteiger partial charge in [-0.1, -0.05) is 24.3 Å². The van der Waals surface area contributed by atoms with E-state index in [9.17, 15) is 13.6 Å². The molecular formula is C14H15F2NO. The average Bonchev–Trinajstić information content (AvgIpc) is 2.32. The van der Waals surface area contributed by atoms with Crippen molar-refractivity contribution in [2.45, 2.75) is 13.5 Å². The number of rotatable bonds is 4. The number of benzene rings is 1. The lowest BCUT2D eigenvalue weighted by Crippen LogP contribution is -2.24. The zero-order chi connectivity index (χ0) is 13.5. The van der Waals surface area contributed by atoms with Crippen LogP contribution in [0.3, 0.4) is 0 Å². The van der Waals surface area contributed by atoms with Crippen molar-refractivity contribution in [2.24, 2.45) is 0 Å². The molecule has 1 aromatic carbocycles. The Morgan fingerprint density at radius 1 is 1.33 bits per heavy atom. The number of allylic oxidation sites excluding steroid dienone is 3. The lowest BCUT2D eigenvalue weighted by Gasteiger charge is -2.15. The molecule has 0 saturated carbocycles. The summed E-state index contributed by atoms with van der Waals surface area (Å²) in [5.41, 5.74) is 0.284. The van der Waals surface area contributed by atoms with Gasteiger partial charge in [-0.2, -0.15) is 0 Å². The highest BCUT2D eigenvalue weighted by Crippen LogP contribution is 2.11. The summed E-state index contributed by atoms with van der Waals surface area (Å²) in [5, 5.41) is 0. The minimum atomic E-state index is -0.646. The second kappa shape index (κ2) is 6.69. The van der Waals surface area contributed by atoms with Crippen LogP contribution in [0.25, 0.3) is 0 Å². The van der Waals surface area contributed by atoms with E-state index in [4.69, 9.17) is 0 Å². The van der Waals surface area contributed by atoms with Crippen LogP contribution >= 0.6 is 0 Å². The van der Waals surface area contributed by atoms with E-state index in [-0.39, 0.29) is 18.0 Å².